The Morgan fingerprint density at radius 2 is 2.05 bits per heavy atom. The third kappa shape index (κ3) is 3.07. The van der Waals surface area contributed by atoms with Crippen molar-refractivity contribution in [2.45, 2.75) is 58.5 Å². The van der Waals surface area contributed by atoms with Crippen molar-refractivity contribution in [1.29, 1.82) is 0 Å². The molecule has 1 saturated carbocycles. The Bertz CT molecular complexity index is 420. The van der Waals surface area contributed by atoms with Crippen molar-refractivity contribution in [1.82, 2.24) is 9.80 Å². The van der Waals surface area contributed by atoms with Crippen LogP contribution in [0.15, 0.2) is 0 Å². The first-order chi connectivity index (χ1) is 9.77. The predicted octanol–water partition coefficient (Wildman–Crippen LogP) is 1.22. The Kier molecular flexibility index (Phi) is 4.61. The molecule has 2 N–H and O–H groups in total. The van der Waals surface area contributed by atoms with Gasteiger partial charge in [0.25, 0.3) is 0 Å². The molecule has 5 nitrogen and oxygen atoms in total. The SMILES string of the molecule is CC(C)N1C(=O)CN(C(=O)[C@@H]2CCC[C@@H]2CN)CC1(C)C. The van der Waals surface area contributed by atoms with Gasteiger partial charge in [0.05, 0.1) is 12.1 Å². The van der Waals surface area contributed by atoms with E-state index in [4.69, 9.17) is 5.73 Å². The van der Waals surface area contributed by atoms with Crippen LogP contribution in [-0.2, 0) is 9.59 Å². The molecule has 120 valence electrons. The largest absolute Gasteiger partial charge is 0.332 e. The number of hydrogen-bond donors (Lipinski definition) is 1. The van der Waals surface area contributed by atoms with E-state index in [-0.39, 0.29) is 35.9 Å². The molecule has 2 fully saturated rings. The van der Waals surface area contributed by atoms with E-state index in [2.05, 4.69) is 0 Å². The first kappa shape index (κ1) is 16.3. The van der Waals surface area contributed by atoms with Crippen LogP contribution >= 0.6 is 0 Å². The molecule has 2 amide bonds. The molecule has 0 aromatic carbocycles. The van der Waals surface area contributed by atoms with Crippen LogP contribution in [-0.4, -0.2) is 52.8 Å². The maximum atomic E-state index is 12.8. The van der Waals surface area contributed by atoms with E-state index in [1.54, 1.807) is 4.90 Å². The predicted molar refractivity (Wildman–Crippen MR) is 82.5 cm³/mol. The van der Waals surface area contributed by atoms with Crippen molar-refractivity contribution in [2.75, 3.05) is 19.6 Å². The van der Waals surface area contributed by atoms with Gasteiger partial charge in [-0.15, -0.1) is 0 Å². The molecule has 2 atom stereocenters. The number of rotatable bonds is 3. The average molecular weight is 295 g/mol. The summed E-state index contributed by atoms with van der Waals surface area (Å²) in [7, 11) is 0. The number of nitrogens with zero attached hydrogens (tertiary/aromatic N) is 2. The summed E-state index contributed by atoms with van der Waals surface area (Å²) in [4.78, 5) is 28.9. The topological polar surface area (TPSA) is 66.6 Å². The molecule has 1 aliphatic heterocycles. The van der Waals surface area contributed by atoms with Crippen LogP contribution in [0.4, 0.5) is 0 Å². The summed E-state index contributed by atoms with van der Waals surface area (Å²) in [5.74, 6) is 0.493. The molecular weight excluding hydrogens is 266 g/mol. The summed E-state index contributed by atoms with van der Waals surface area (Å²) in [6.45, 7) is 9.54. The molecule has 5 heteroatoms. The standard InChI is InChI=1S/C16H29N3O2/c1-11(2)19-14(20)9-18(10-16(19,3)4)15(21)13-7-5-6-12(13)8-17/h11-13H,5-10,17H2,1-4H3/t12-,13-/m1/s1. The number of hydrogen-bond acceptors (Lipinski definition) is 3. The van der Waals surface area contributed by atoms with Crippen molar-refractivity contribution in [3.05, 3.63) is 0 Å². The fourth-order valence-corrected chi connectivity index (χ4v) is 4.20. The molecule has 0 unspecified atom stereocenters. The lowest BCUT2D eigenvalue weighted by atomic mass is 9.91. The van der Waals surface area contributed by atoms with Gasteiger partial charge in [0.15, 0.2) is 0 Å². The first-order valence-corrected chi connectivity index (χ1v) is 8.09. The monoisotopic (exact) mass is 295 g/mol. The Morgan fingerprint density at radius 3 is 2.57 bits per heavy atom. The quantitative estimate of drug-likeness (QED) is 0.851. The summed E-state index contributed by atoms with van der Waals surface area (Å²) in [6, 6.07) is 0.160. The van der Waals surface area contributed by atoms with Crippen molar-refractivity contribution >= 4 is 11.8 Å². The Labute approximate surface area is 127 Å². The van der Waals surface area contributed by atoms with Gasteiger partial charge < -0.3 is 15.5 Å². The zero-order chi connectivity index (χ0) is 15.8. The molecule has 2 rings (SSSR count). The van der Waals surface area contributed by atoms with Gasteiger partial charge in [-0.25, -0.2) is 0 Å². The van der Waals surface area contributed by atoms with E-state index < -0.39 is 0 Å². The van der Waals surface area contributed by atoms with Crippen molar-refractivity contribution < 1.29 is 9.59 Å². The first-order valence-electron chi connectivity index (χ1n) is 8.09. The van der Waals surface area contributed by atoms with Crippen LogP contribution in [0.3, 0.4) is 0 Å². The third-order valence-electron chi connectivity index (χ3n) is 4.93. The van der Waals surface area contributed by atoms with Gasteiger partial charge in [-0.2, -0.15) is 0 Å². The Balaban J connectivity index is 2.12. The summed E-state index contributed by atoms with van der Waals surface area (Å²) < 4.78 is 0. The van der Waals surface area contributed by atoms with Crippen molar-refractivity contribution in [3.8, 4) is 0 Å². The maximum Gasteiger partial charge on any atom is 0.242 e. The third-order valence-corrected chi connectivity index (χ3v) is 4.93. The number of carbonyl (C=O) groups is 2. The number of piperazine rings is 1. The van der Waals surface area contributed by atoms with E-state index in [1.165, 1.54) is 0 Å². The normalized spacial score (nSPS) is 29.3. The van der Waals surface area contributed by atoms with Crippen LogP contribution in [0, 0.1) is 11.8 Å². The zero-order valence-corrected chi connectivity index (χ0v) is 13.8. The lowest BCUT2D eigenvalue weighted by Crippen LogP contribution is -2.65. The van der Waals surface area contributed by atoms with Gasteiger partial charge in [0.1, 0.15) is 0 Å². The summed E-state index contributed by atoms with van der Waals surface area (Å²) in [6.07, 6.45) is 3.03. The fourth-order valence-electron chi connectivity index (χ4n) is 4.20. The smallest absolute Gasteiger partial charge is 0.242 e. The lowest BCUT2D eigenvalue weighted by molar-refractivity contribution is -0.157. The maximum absolute atomic E-state index is 12.8. The second-order valence-corrected chi connectivity index (χ2v) is 7.40. The highest BCUT2D eigenvalue weighted by Gasteiger charge is 2.44. The molecule has 0 radical (unpaired) electrons. The van der Waals surface area contributed by atoms with Crippen LogP contribution < -0.4 is 5.73 Å². The van der Waals surface area contributed by atoms with E-state index in [9.17, 15) is 9.59 Å². The molecule has 0 aromatic rings. The fraction of sp³-hybridized carbons (Fsp3) is 0.875. The molecule has 21 heavy (non-hydrogen) atoms. The van der Waals surface area contributed by atoms with Gasteiger partial charge in [-0.05, 0) is 53.0 Å². The lowest BCUT2D eigenvalue weighted by Gasteiger charge is -2.49. The molecule has 1 aliphatic carbocycles. The van der Waals surface area contributed by atoms with E-state index in [1.807, 2.05) is 32.6 Å². The molecule has 0 spiro atoms. The van der Waals surface area contributed by atoms with Gasteiger partial charge in [-0.1, -0.05) is 6.42 Å². The minimum absolute atomic E-state index is 0.0178. The van der Waals surface area contributed by atoms with Gasteiger partial charge in [0.2, 0.25) is 11.8 Å². The molecule has 1 saturated heterocycles. The highest BCUT2D eigenvalue weighted by Crippen LogP contribution is 2.34. The highest BCUT2D eigenvalue weighted by atomic mass is 16.2. The van der Waals surface area contributed by atoms with Gasteiger partial charge >= 0.3 is 0 Å². The summed E-state index contributed by atoms with van der Waals surface area (Å²) in [5, 5.41) is 0. The summed E-state index contributed by atoms with van der Waals surface area (Å²) in [5.41, 5.74) is 5.48. The second-order valence-electron chi connectivity index (χ2n) is 7.40. The average Bonchev–Trinajstić information content (AvgIpc) is 2.83. The zero-order valence-electron chi connectivity index (χ0n) is 13.8. The summed E-state index contributed by atoms with van der Waals surface area (Å²) >= 11 is 0. The molecule has 0 bridgehead atoms. The van der Waals surface area contributed by atoms with Crippen LogP contribution in [0.25, 0.3) is 0 Å². The minimum atomic E-state index is -0.310. The Morgan fingerprint density at radius 1 is 1.38 bits per heavy atom. The van der Waals surface area contributed by atoms with E-state index in [0.717, 1.165) is 19.3 Å². The van der Waals surface area contributed by atoms with Crippen LogP contribution in [0.5, 0.6) is 0 Å². The van der Waals surface area contributed by atoms with Gasteiger partial charge in [0, 0.05) is 18.5 Å². The van der Waals surface area contributed by atoms with Crippen molar-refractivity contribution in [2.24, 2.45) is 17.6 Å². The Hall–Kier alpha value is -1.10. The number of amides is 2. The van der Waals surface area contributed by atoms with Crippen molar-refractivity contribution in [3.63, 3.8) is 0 Å². The van der Waals surface area contributed by atoms with Crippen LogP contribution in [0.1, 0.15) is 47.0 Å². The minimum Gasteiger partial charge on any atom is -0.332 e. The molecule has 1 heterocycles. The number of carbonyl (C=O) groups excluding carboxylic acids is 2. The molecule has 2 aliphatic rings. The molecular formula is C16H29N3O2. The van der Waals surface area contributed by atoms with E-state index in [0.29, 0.717) is 19.0 Å². The second kappa shape index (κ2) is 5.95. The van der Waals surface area contributed by atoms with Crippen LogP contribution in [0.2, 0.25) is 0 Å². The number of nitrogens with two attached hydrogens (primary N) is 1. The highest BCUT2D eigenvalue weighted by molar-refractivity contribution is 5.88. The molecule has 0 aromatic heterocycles. The van der Waals surface area contributed by atoms with Gasteiger partial charge in [-0.3, -0.25) is 9.59 Å². The van der Waals surface area contributed by atoms with E-state index >= 15 is 0 Å².